The molecule has 21 heavy (non-hydrogen) atoms. The van der Waals surface area contributed by atoms with Gasteiger partial charge in [-0.05, 0) is 62.8 Å². The lowest BCUT2D eigenvalue weighted by atomic mass is 9.92. The second-order valence-electron chi connectivity index (χ2n) is 5.72. The van der Waals surface area contributed by atoms with Gasteiger partial charge in [0.2, 0.25) is 0 Å². The lowest BCUT2D eigenvalue weighted by molar-refractivity contribution is 0.239. The number of nitrogens with zero attached hydrogens (tertiary/aromatic N) is 2. The van der Waals surface area contributed by atoms with E-state index in [0.29, 0.717) is 12.0 Å². The van der Waals surface area contributed by atoms with Gasteiger partial charge in [0.25, 0.3) is 0 Å². The summed E-state index contributed by atoms with van der Waals surface area (Å²) in [7, 11) is 2.03. The number of pyridine rings is 1. The molecular formula is C17H22ClN3. The molecule has 0 bridgehead atoms. The lowest BCUT2D eigenvalue weighted by Crippen LogP contribution is -2.29. The van der Waals surface area contributed by atoms with E-state index in [-0.39, 0.29) is 0 Å². The minimum Gasteiger partial charge on any atom is -0.319 e. The number of nitrogens with one attached hydrogen (secondary N) is 1. The van der Waals surface area contributed by atoms with Crippen LogP contribution in [0.2, 0.25) is 5.02 Å². The van der Waals surface area contributed by atoms with Crippen molar-refractivity contribution in [3.8, 4) is 0 Å². The quantitative estimate of drug-likeness (QED) is 0.937. The number of aromatic nitrogens is 1. The van der Waals surface area contributed by atoms with Gasteiger partial charge in [-0.15, -0.1) is 0 Å². The summed E-state index contributed by atoms with van der Waals surface area (Å²) in [4.78, 5) is 7.17. The highest BCUT2D eigenvalue weighted by molar-refractivity contribution is 6.35. The summed E-state index contributed by atoms with van der Waals surface area (Å²) >= 11 is 6.34. The molecule has 3 nitrogen and oxygen atoms in total. The highest BCUT2D eigenvalue weighted by atomic mass is 35.5. The number of rotatable bonds is 4. The van der Waals surface area contributed by atoms with Gasteiger partial charge in [0, 0.05) is 22.6 Å². The van der Waals surface area contributed by atoms with Crippen LogP contribution in [-0.4, -0.2) is 36.6 Å². The fourth-order valence-corrected chi connectivity index (χ4v) is 3.82. The van der Waals surface area contributed by atoms with Gasteiger partial charge >= 0.3 is 0 Å². The second kappa shape index (κ2) is 6.30. The zero-order valence-electron chi connectivity index (χ0n) is 12.6. The first-order chi connectivity index (χ1) is 10.3. The van der Waals surface area contributed by atoms with Gasteiger partial charge in [0.1, 0.15) is 0 Å². The number of hydrogen-bond acceptors (Lipinski definition) is 3. The molecule has 0 amide bonds. The maximum absolute atomic E-state index is 6.34. The van der Waals surface area contributed by atoms with Gasteiger partial charge in [0.15, 0.2) is 0 Å². The van der Waals surface area contributed by atoms with Crippen LogP contribution in [0.3, 0.4) is 0 Å². The number of likely N-dealkylation sites (tertiary alicyclic amines) is 1. The van der Waals surface area contributed by atoms with Gasteiger partial charge in [-0.25, -0.2) is 0 Å². The molecule has 1 fully saturated rings. The average Bonchev–Trinajstić information content (AvgIpc) is 2.91. The summed E-state index contributed by atoms with van der Waals surface area (Å²) in [6.45, 7) is 5.50. The fraction of sp³-hybridized carbons (Fsp3) is 0.471. The summed E-state index contributed by atoms with van der Waals surface area (Å²) in [6, 6.07) is 8.63. The molecule has 0 aliphatic carbocycles. The Labute approximate surface area is 131 Å². The predicted molar refractivity (Wildman–Crippen MR) is 88.8 cm³/mol. The highest BCUT2D eigenvalue weighted by Gasteiger charge is 2.35. The molecule has 112 valence electrons. The van der Waals surface area contributed by atoms with E-state index in [4.69, 9.17) is 11.6 Å². The van der Waals surface area contributed by atoms with E-state index in [2.05, 4.69) is 34.3 Å². The van der Waals surface area contributed by atoms with Crippen molar-refractivity contribution < 1.29 is 0 Å². The van der Waals surface area contributed by atoms with Crippen LogP contribution in [0.4, 0.5) is 0 Å². The van der Waals surface area contributed by atoms with Crippen LogP contribution >= 0.6 is 11.6 Å². The van der Waals surface area contributed by atoms with E-state index >= 15 is 0 Å². The Hall–Kier alpha value is -1.16. The monoisotopic (exact) mass is 303 g/mol. The number of benzene rings is 1. The lowest BCUT2D eigenvalue weighted by Gasteiger charge is -2.28. The number of hydrogen-bond donors (Lipinski definition) is 1. The van der Waals surface area contributed by atoms with Crippen LogP contribution in [0.15, 0.2) is 30.5 Å². The molecule has 2 heterocycles. The van der Waals surface area contributed by atoms with E-state index in [9.17, 15) is 0 Å². The topological polar surface area (TPSA) is 28.2 Å². The summed E-state index contributed by atoms with van der Waals surface area (Å²) in [6.07, 6.45) is 3.09. The van der Waals surface area contributed by atoms with E-state index in [1.165, 1.54) is 12.0 Å². The van der Waals surface area contributed by atoms with Crippen LogP contribution in [0.25, 0.3) is 10.9 Å². The molecule has 1 aliphatic rings. The van der Waals surface area contributed by atoms with Gasteiger partial charge in [-0.1, -0.05) is 24.6 Å². The Balaban J connectivity index is 2.11. The maximum Gasteiger partial charge on any atom is 0.0764 e. The third-order valence-corrected chi connectivity index (χ3v) is 4.90. The van der Waals surface area contributed by atoms with Gasteiger partial charge in [-0.2, -0.15) is 0 Å². The standard InChI is InChI=1S/C17H22ClN3/c1-3-21-10-8-12(11-19-2)17(21)14-6-7-15(18)13-5-4-9-20-16(13)14/h4-7,9,12,17,19H,3,8,10-11H2,1-2H3. The smallest absolute Gasteiger partial charge is 0.0764 e. The van der Waals surface area contributed by atoms with Crippen molar-refractivity contribution in [2.24, 2.45) is 5.92 Å². The molecule has 3 rings (SSSR count). The number of halogens is 1. The molecule has 1 aromatic heterocycles. The summed E-state index contributed by atoms with van der Waals surface area (Å²) in [5.74, 6) is 0.626. The molecule has 0 radical (unpaired) electrons. The van der Waals surface area contributed by atoms with Crippen molar-refractivity contribution in [3.63, 3.8) is 0 Å². The van der Waals surface area contributed by atoms with Crippen LogP contribution in [-0.2, 0) is 0 Å². The van der Waals surface area contributed by atoms with Crippen LogP contribution < -0.4 is 5.32 Å². The maximum atomic E-state index is 6.34. The van der Waals surface area contributed by atoms with Crippen LogP contribution in [0.5, 0.6) is 0 Å². The molecule has 1 aliphatic heterocycles. The predicted octanol–water partition coefficient (Wildman–Crippen LogP) is 3.49. The largest absolute Gasteiger partial charge is 0.319 e. The Bertz CT molecular complexity index is 628. The van der Waals surface area contributed by atoms with Crippen molar-refractivity contribution in [2.75, 3.05) is 26.7 Å². The SMILES string of the molecule is CCN1CCC(CNC)C1c1ccc(Cl)c2cccnc12. The molecular weight excluding hydrogens is 282 g/mol. The van der Waals surface area contributed by atoms with E-state index < -0.39 is 0 Å². The molecule has 1 N–H and O–H groups in total. The van der Waals surface area contributed by atoms with Crippen molar-refractivity contribution in [2.45, 2.75) is 19.4 Å². The average molecular weight is 304 g/mol. The molecule has 0 saturated carbocycles. The normalized spacial score (nSPS) is 23.0. The second-order valence-corrected chi connectivity index (χ2v) is 6.12. The molecule has 0 spiro atoms. The molecule has 1 aromatic carbocycles. The molecule has 2 unspecified atom stereocenters. The minimum atomic E-state index is 0.428. The third kappa shape index (κ3) is 2.66. The number of fused-ring (bicyclic) bond motifs is 1. The van der Waals surface area contributed by atoms with Gasteiger partial charge in [0.05, 0.1) is 5.52 Å². The first kappa shape index (κ1) is 14.8. The first-order valence-electron chi connectivity index (χ1n) is 7.68. The van der Waals surface area contributed by atoms with Crippen LogP contribution in [0.1, 0.15) is 24.9 Å². The molecule has 4 heteroatoms. The highest BCUT2D eigenvalue weighted by Crippen LogP contribution is 2.40. The zero-order chi connectivity index (χ0) is 14.8. The molecule has 1 saturated heterocycles. The van der Waals surface area contributed by atoms with Gasteiger partial charge in [-0.3, -0.25) is 9.88 Å². The molecule has 2 atom stereocenters. The van der Waals surface area contributed by atoms with Crippen molar-refractivity contribution >= 4 is 22.5 Å². The Morgan fingerprint density at radius 1 is 1.38 bits per heavy atom. The molecule has 2 aromatic rings. The van der Waals surface area contributed by atoms with Crippen molar-refractivity contribution in [1.29, 1.82) is 0 Å². The van der Waals surface area contributed by atoms with E-state index in [1.807, 2.05) is 25.4 Å². The zero-order valence-corrected chi connectivity index (χ0v) is 13.4. The minimum absolute atomic E-state index is 0.428. The summed E-state index contributed by atoms with van der Waals surface area (Å²) < 4.78 is 0. The summed E-state index contributed by atoms with van der Waals surface area (Å²) in [5.41, 5.74) is 2.37. The van der Waals surface area contributed by atoms with Crippen molar-refractivity contribution in [3.05, 3.63) is 41.0 Å². The Morgan fingerprint density at radius 3 is 3.00 bits per heavy atom. The summed E-state index contributed by atoms with van der Waals surface area (Å²) in [5, 5.41) is 5.18. The third-order valence-electron chi connectivity index (χ3n) is 4.57. The van der Waals surface area contributed by atoms with E-state index in [1.54, 1.807) is 0 Å². The van der Waals surface area contributed by atoms with Crippen molar-refractivity contribution in [1.82, 2.24) is 15.2 Å². The Kier molecular flexibility index (Phi) is 4.43. The first-order valence-corrected chi connectivity index (χ1v) is 8.05. The van der Waals surface area contributed by atoms with E-state index in [0.717, 1.165) is 35.6 Å². The van der Waals surface area contributed by atoms with Gasteiger partial charge < -0.3 is 5.32 Å². The Morgan fingerprint density at radius 2 is 2.24 bits per heavy atom. The van der Waals surface area contributed by atoms with Crippen LogP contribution in [0, 0.1) is 5.92 Å². The fourth-order valence-electron chi connectivity index (χ4n) is 3.61.